The molecule has 0 saturated carbocycles. The van der Waals surface area contributed by atoms with Gasteiger partial charge in [0.05, 0.1) is 6.54 Å². The van der Waals surface area contributed by atoms with Crippen LogP contribution in [0, 0.1) is 5.82 Å². The molecule has 0 atom stereocenters. The smallest absolute Gasteiger partial charge is 0.232 e. The van der Waals surface area contributed by atoms with E-state index in [1.165, 1.54) is 17.7 Å². The van der Waals surface area contributed by atoms with Crippen LogP contribution in [0.4, 0.5) is 22.0 Å². The van der Waals surface area contributed by atoms with Crippen LogP contribution in [0.15, 0.2) is 54.6 Å². The number of halogens is 1. The molecule has 1 fully saturated rings. The number of nitrogen functional groups attached to an aromatic ring is 1. The zero-order valence-electron chi connectivity index (χ0n) is 16.1. The molecule has 8 heteroatoms. The summed E-state index contributed by atoms with van der Waals surface area (Å²) in [7, 11) is 0. The lowest BCUT2D eigenvalue weighted by Gasteiger charge is -2.34. The average molecular weight is 393 g/mol. The first-order valence-electron chi connectivity index (χ1n) is 9.66. The van der Waals surface area contributed by atoms with Crippen molar-refractivity contribution in [1.82, 2.24) is 24.8 Å². The van der Waals surface area contributed by atoms with Crippen molar-refractivity contribution in [2.45, 2.75) is 13.1 Å². The zero-order valence-corrected chi connectivity index (χ0v) is 16.1. The number of anilines is 3. The first-order valence-corrected chi connectivity index (χ1v) is 9.66. The number of hydrogen-bond acceptors (Lipinski definition) is 7. The fourth-order valence-electron chi connectivity index (χ4n) is 3.37. The van der Waals surface area contributed by atoms with E-state index in [1.807, 2.05) is 6.07 Å². The van der Waals surface area contributed by atoms with Gasteiger partial charge in [-0.3, -0.25) is 9.80 Å². The van der Waals surface area contributed by atoms with Crippen molar-refractivity contribution in [2.75, 3.05) is 37.2 Å². The van der Waals surface area contributed by atoms with Gasteiger partial charge >= 0.3 is 0 Å². The Hall–Kier alpha value is -3.10. The number of hydrogen-bond donors (Lipinski definition) is 2. The number of rotatable bonds is 6. The van der Waals surface area contributed by atoms with Crippen molar-refractivity contribution in [3.05, 3.63) is 71.8 Å². The summed E-state index contributed by atoms with van der Waals surface area (Å²) in [6, 6.07) is 16.5. The van der Waals surface area contributed by atoms with Crippen molar-refractivity contribution in [3.63, 3.8) is 0 Å². The van der Waals surface area contributed by atoms with E-state index in [2.05, 4.69) is 54.3 Å². The van der Waals surface area contributed by atoms with Crippen molar-refractivity contribution in [3.8, 4) is 0 Å². The normalized spacial score (nSPS) is 15.3. The summed E-state index contributed by atoms with van der Waals surface area (Å²) in [5.74, 6) is 0.862. The van der Waals surface area contributed by atoms with Gasteiger partial charge in [-0.2, -0.15) is 15.0 Å². The SMILES string of the molecule is Nc1nc(CN2CCN(Cc3ccccc3)CC2)nc(Nc2ccc(F)cc2)n1. The lowest BCUT2D eigenvalue weighted by atomic mass is 10.2. The molecule has 0 bridgehead atoms. The molecule has 29 heavy (non-hydrogen) atoms. The van der Waals surface area contributed by atoms with E-state index in [-0.39, 0.29) is 11.8 Å². The third-order valence-corrected chi connectivity index (χ3v) is 4.88. The Morgan fingerprint density at radius 3 is 2.17 bits per heavy atom. The lowest BCUT2D eigenvalue weighted by molar-refractivity contribution is 0.120. The third kappa shape index (κ3) is 5.46. The molecule has 0 radical (unpaired) electrons. The number of benzene rings is 2. The minimum atomic E-state index is -0.294. The number of piperazine rings is 1. The Kier molecular flexibility index (Phi) is 5.92. The first-order chi connectivity index (χ1) is 14.1. The molecule has 150 valence electrons. The predicted molar refractivity (Wildman–Crippen MR) is 111 cm³/mol. The van der Waals surface area contributed by atoms with Crippen LogP contribution >= 0.6 is 0 Å². The van der Waals surface area contributed by atoms with Gasteiger partial charge in [0.15, 0.2) is 0 Å². The van der Waals surface area contributed by atoms with E-state index in [0.29, 0.717) is 24.0 Å². The molecule has 0 unspecified atom stereocenters. The maximum Gasteiger partial charge on any atom is 0.232 e. The zero-order chi connectivity index (χ0) is 20.1. The second-order valence-electron chi connectivity index (χ2n) is 7.10. The Labute approximate surface area is 169 Å². The third-order valence-electron chi connectivity index (χ3n) is 4.88. The molecule has 0 aliphatic carbocycles. The van der Waals surface area contributed by atoms with Gasteiger partial charge in [-0.1, -0.05) is 30.3 Å². The second-order valence-corrected chi connectivity index (χ2v) is 7.10. The van der Waals surface area contributed by atoms with Crippen LogP contribution in [0.1, 0.15) is 11.4 Å². The molecule has 2 heterocycles. The molecular formula is C21H24FN7. The van der Waals surface area contributed by atoms with Gasteiger partial charge in [0, 0.05) is 38.4 Å². The molecule has 4 rings (SSSR count). The predicted octanol–water partition coefficient (Wildman–Crippen LogP) is 2.65. The van der Waals surface area contributed by atoms with Gasteiger partial charge in [0.25, 0.3) is 0 Å². The summed E-state index contributed by atoms with van der Waals surface area (Å²) in [6.45, 7) is 5.47. The Morgan fingerprint density at radius 1 is 0.828 bits per heavy atom. The summed E-state index contributed by atoms with van der Waals surface area (Å²) in [6.07, 6.45) is 0. The highest BCUT2D eigenvalue weighted by Crippen LogP contribution is 2.15. The first kappa shape index (κ1) is 19.2. The van der Waals surface area contributed by atoms with Gasteiger partial charge in [-0.05, 0) is 29.8 Å². The largest absolute Gasteiger partial charge is 0.368 e. The van der Waals surface area contributed by atoms with E-state index in [0.717, 1.165) is 32.7 Å². The van der Waals surface area contributed by atoms with Crippen molar-refractivity contribution in [1.29, 1.82) is 0 Å². The summed E-state index contributed by atoms with van der Waals surface area (Å²) in [5.41, 5.74) is 7.89. The summed E-state index contributed by atoms with van der Waals surface area (Å²) < 4.78 is 13.1. The van der Waals surface area contributed by atoms with E-state index < -0.39 is 0 Å². The molecule has 3 N–H and O–H groups in total. The van der Waals surface area contributed by atoms with Crippen molar-refractivity contribution >= 4 is 17.6 Å². The minimum Gasteiger partial charge on any atom is -0.368 e. The molecule has 0 amide bonds. The Balaban J connectivity index is 1.33. The average Bonchev–Trinajstić information content (AvgIpc) is 2.72. The van der Waals surface area contributed by atoms with E-state index in [1.54, 1.807) is 12.1 Å². The van der Waals surface area contributed by atoms with Crippen LogP contribution < -0.4 is 11.1 Å². The van der Waals surface area contributed by atoms with E-state index in [4.69, 9.17) is 5.73 Å². The maximum absolute atomic E-state index is 13.1. The second kappa shape index (κ2) is 8.93. The van der Waals surface area contributed by atoms with Crippen LogP contribution in [0.5, 0.6) is 0 Å². The highest BCUT2D eigenvalue weighted by molar-refractivity contribution is 5.53. The van der Waals surface area contributed by atoms with E-state index >= 15 is 0 Å². The van der Waals surface area contributed by atoms with Crippen LogP contribution in [-0.4, -0.2) is 50.9 Å². The standard InChI is InChI=1S/C21H24FN7/c22-17-6-8-18(9-7-17)24-21-26-19(25-20(23)27-21)15-29-12-10-28(11-13-29)14-16-4-2-1-3-5-16/h1-9H,10-15H2,(H3,23,24,25,26,27). The Morgan fingerprint density at radius 2 is 1.48 bits per heavy atom. The molecule has 1 aliphatic rings. The molecule has 1 saturated heterocycles. The molecule has 2 aromatic carbocycles. The van der Waals surface area contributed by atoms with E-state index in [9.17, 15) is 4.39 Å². The maximum atomic E-state index is 13.1. The molecule has 0 spiro atoms. The summed E-state index contributed by atoms with van der Waals surface area (Å²) in [5, 5.41) is 3.05. The van der Waals surface area contributed by atoms with Crippen LogP contribution in [-0.2, 0) is 13.1 Å². The topological polar surface area (TPSA) is 83.2 Å². The van der Waals surface area contributed by atoms with Crippen LogP contribution in [0.3, 0.4) is 0 Å². The minimum absolute atomic E-state index is 0.169. The Bertz CT molecular complexity index is 926. The van der Waals surface area contributed by atoms with Gasteiger partial charge in [-0.25, -0.2) is 4.39 Å². The van der Waals surface area contributed by atoms with Gasteiger partial charge in [0.1, 0.15) is 11.6 Å². The molecular weight excluding hydrogens is 369 g/mol. The fourth-order valence-corrected chi connectivity index (χ4v) is 3.37. The number of aromatic nitrogens is 3. The molecule has 1 aromatic heterocycles. The number of nitrogens with one attached hydrogen (secondary N) is 1. The number of nitrogens with zero attached hydrogens (tertiary/aromatic N) is 5. The summed E-state index contributed by atoms with van der Waals surface area (Å²) in [4.78, 5) is 17.6. The molecule has 7 nitrogen and oxygen atoms in total. The van der Waals surface area contributed by atoms with Crippen LogP contribution in [0.2, 0.25) is 0 Å². The molecule has 1 aliphatic heterocycles. The highest BCUT2D eigenvalue weighted by atomic mass is 19.1. The van der Waals surface area contributed by atoms with Crippen LogP contribution in [0.25, 0.3) is 0 Å². The monoisotopic (exact) mass is 393 g/mol. The van der Waals surface area contributed by atoms with Gasteiger partial charge in [0.2, 0.25) is 11.9 Å². The molecule has 3 aromatic rings. The van der Waals surface area contributed by atoms with Gasteiger partial charge in [-0.15, -0.1) is 0 Å². The quantitative estimate of drug-likeness (QED) is 0.666. The number of nitrogens with two attached hydrogens (primary N) is 1. The fraction of sp³-hybridized carbons (Fsp3) is 0.286. The highest BCUT2D eigenvalue weighted by Gasteiger charge is 2.18. The lowest BCUT2D eigenvalue weighted by Crippen LogP contribution is -2.45. The van der Waals surface area contributed by atoms with Crippen molar-refractivity contribution in [2.24, 2.45) is 0 Å². The van der Waals surface area contributed by atoms with Gasteiger partial charge < -0.3 is 11.1 Å². The van der Waals surface area contributed by atoms with Crippen molar-refractivity contribution < 1.29 is 4.39 Å². The summed E-state index contributed by atoms with van der Waals surface area (Å²) >= 11 is 0.